The van der Waals surface area contributed by atoms with Crippen molar-refractivity contribution in [2.24, 2.45) is 10.9 Å². The van der Waals surface area contributed by atoms with Crippen molar-refractivity contribution in [3.8, 4) is 0 Å². The fourth-order valence-corrected chi connectivity index (χ4v) is 3.20. The normalized spacial score (nSPS) is 20.9. The minimum Gasteiger partial charge on any atom is -0.358 e. The highest BCUT2D eigenvalue weighted by Gasteiger charge is 2.23. The summed E-state index contributed by atoms with van der Waals surface area (Å²) in [4.78, 5) is 4.58. The Morgan fingerprint density at radius 2 is 1.94 bits per heavy atom. The van der Waals surface area contributed by atoms with Gasteiger partial charge in [-0.15, -0.1) is 0 Å². The molecule has 18 heavy (non-hydrogen) atoms. The van der Waals surface area contributed by atoms with Crippen molar-refractivity contribution >= 4 is 32.9 Å². The summed E-state index contributed by atoms with van der Waals surface area (Å²) < 4.78 is 1.12. The molecule has 98 valence electrons. The quantitative estimate of drug-likeness (QED) is 0.898. The van der Waals surface area contributed by atoms with E-state index in [1.165, 1.54) is 5.56 Å². The lowest BCUT2D eigenvalue weighted by Crippen LogP contribution is -2.23. The molecule has 1 aliphatic rings. The number of halogens is 1. The number of rotatable bonds is 3. The number of nitrogens with one attached hydrogen (secondary N) is 1. The van der Waals surface area contributed by atoms with Crippen LogP contribution in [0.3, 0.4) is 0 Å². The Morgan fingerprint density at radius 3 is 2.50 bits per heavy atom. The molecule has 0 bridgehead atoms. The van der Waals surface area contributed by atoms with Gasteiger partial charge in [0.1, 0.15) is 0 Å². The van der Waals surface area contributed by atoms with Gasteiger partial charge in [0.2, 0.25) is 0 Å². The van der Waals surface area contributed by atoms with Gasteiger partial charge in [0, 0.05) is 9.72 Å². The Morgan fingerprint density at radius 1 is 1.28 bits per heavy atom. The summed E-state index contributed by atoms with van der Waals surface area (Å²) in [6.07, 6.45) is 0. The number of hydrogen-bond acceptors (Lipinski definition) is 3. The second-order valence-electron chi connectivity index (χ2n) is 4.96. The number of benzene rings is 1. The Hall–Kier alpha value is -0.480. The smallest absolute Gasteiger partial charge is 0.157 e. The Kier molecular flexibility index (Phi) is 4.73. The summed E-state index contributed by atoms with van der Waals surface area (Å²) in [6, 6.07) is 8.74. The fourth-order valence-electron chi connectivity index (χ4n) is 1.84. The van der Waals surface area contributed by atoms with Crippen LogP contribution in [0.15, 0.2) is 33.7 Å². The van der Waals surface area contributed by atoms with Gasteiger partial charge in [-0.2, -0.15) is 0 Å². The average Bonchev–Trinajstić information content (AvgIpc) is 2.78. The third-order valence-corrected chi connectivity index (χ3v) is 5.13. The average molecular weight is 327 g/mol. The van der Waals surface area contributed by atoms with E-state index in [0.29, 0.717) is 17.2 Å². The highest BCUT2D eigenvalue weighted by Crippen LogP contribution is 2.27. The number of amidine groups is 1. The van der Waals surface area contributed by atoms with E-state index in [9.17, 15) is 0 Å². The minimum atomic E-state index is 0.301. The molecule has 1 aliphatic heterocycles. The molecule has 2 unspecified atom stereocenters. The standard InChI is InChI=1S/C14H19BrN2S/c1-9(2)13-8-16-14(18-13)17-10(3)11-4-6-12(15)7-5-11/h4-7,9-10,13H,8H2,1-3H3,(H,16,17). The summed E-state index contributed by atoms with van der Waals surface area (Å²) in [7, 11) is 0. The van der Waals surface area contributed by atoms with Gasteiger partial charge in [0.05, 0.1) is 12.6 Å². The van der Waals surface area contributed by atoms with Gasteiger partial charge < -0.3 is 5.32 Å². The van der Waals surface area contributed by atoms with Gasteiger partial charge in [0.25, 0.3) is 0 Å². The van der Waals surface area contributed by atoms with Crippen LogP contribution in [0.25, 0.3) is 0 Å². The van der Waals surface area contributed by atoms with E-state index in [1.54, 1.807) is 0 Å². The van der Waals surface area contributed by atoms with Crippen molar-refractivity contribution < 1.29 is 0 Å². The Bertz CT molecular complexity index is 428. The molecule has 0 spiro atoms. The van der Waals surface area contributed by atoms with Crippen molar-refractivity contribution in [1.82, 2.24) is 5.32 Å². The zero-order chi connectivity index (χ0) is 13.1. The Labute approximate surface area is 122 Å². The third kappa shape index (κ3) is 3.51. The number of aliphatic imine (C=N–C) groups is 1. The molecule has 0 radical (unpaired) electrons. The highest BCUT2D eigenvalue weighted by molar-refractivity contribution is 9.10. The molecule has 2 nitrogen and oxygen atoms in total. The zero-order valence-electron chi connectivity index (χ0n) is 11.0. The minimum absolute atomic E-state index is 0.301. The summed E-state index contributed by atoms with van der Waals surface area (Å²) >= 11 is 5.33. The Balaban J connectivity index is 1.92. The van der Waals surface area contributed by atoms with Gasteiger partial charge in [-0.3, -0.25) is 4.99 Å². The van der Waals surface area contributed by atoms with Crippen LogP contribution in [0.5, 0.6) is 0 Å². The first-order chi connectivity index (χ1) is 8.56. The van der Waals surface area contributed by atoms with E-state index in [1.807, 2.05) is 11.8 Å². The van der Waals surface area contributed by atoms with Crippen LogP contribution in [-0.2, 0) is 0 Å². The van der Waals surface area contributed by atoms with Crippen LogP contribution in [0.1, 0.15) is 32.4 Å². The number of nitrogens with zero attached hydrogens (tertiary/aromatic N) is 1. The maximum atomic E-state index is 4.58. The topological polar surface area (TPSA) is 24.4 Å². The second kappa shape index (κ2) is 6.11. The van der Waals surface area contributed by atoms with Crippen molar-refractivity contribution in [3.63, 3.8) is 0 Å². The molecule has 0 saturated heterocycles. The van der Waals surface area contributed by atoms with Crippen molar-refractivity contribution in [3.05, 3.63) is 34.3 Å². The van der Waals surface area contributed by atoms with E-state index in [2.05, 4.69) is 71.3 Å². The molecule has 0 fully saturated rings. The van der Waals surface area contributed by atoms with E-state index in [-0.39, 0.29) is 0 Å². The first-order valence-electron chi connectivity index (χ1n) is 6.29. The second-order valence-corrected chi connectivity index (χ2v) is 7.11. The molecule has 0 amide bonds. The van der Waals surface area contributed by atoms with E-state index < -0.39 is 0 Å². The molecule has 4 heteroatoms. The maximum absolute atomic E-state index is 4.58. The van der Waals surface area contributed by atoms with Crippen LogP contribution < -0.4 is 5.32 Å². The third-order valence-electron chi connectivity index (χ3n) is 3.13. The fraction of sp³-hybridized carbons (Fsp3) is 0.500. The number of thioether (sulfide) groups is 1. The van der Waals surface area contributed by atoms with E-state index in [4.69, 9.17) is 0 Å². The first kappa shape index (κ1) is 13.9. The SMILES string of the molecule is CC(NC1=NCC(C(C)C)S1)c1ccc(Br)cc1. The van der Waals surface area contributed by atoms with Crippen LogP contribution in [0.4, 0.5) is 0 Å². The molecule has 1 heterocycles. The van der Waals surface area contributed by atoms with Gasteiger partial charge in [-0.1, -0.05) is 53.7 Å². The predicted molar refractivity (Wildman–Crippen MR) is 84.2 cm³/mol. The summed E-state index contributed by atoms with van der Waals surface area (Å²) in [5.41, 5.74) is 1.29. The zero-order valence-corrected chi connectivity index (χ0v) is 13.4. The van der Waals surface area contributed by atoms with Crippen LogP contribution in [0.2, 0.25) is 0 Å². The van der Waals surface area contributed by atoms with Gasteiger partial charge >= 0.3 is 0 Å². The van der Waals surface area contributed by atoms with Gasteiger partial charge in [-0.25, -0.2) is 0 Å². The highest BCUT2D eigenvalue weighted by atomic mass is 79.9. The number of hydrogen-bond donors (Lipinski definition) is 1. The first-order valence-corrected chi connectivity index (χ1v) is 7.96. The van der Waals surface area contributed by atoms with Crippen molar-refractivity contribution in [2.45, 2.75) is 32.1 Å². The largest absolute Gasteiger partial charge is 0.358 e. The maximum Gasteiger partial charge on any atom is 0.157 e. The molecule has 1 aromatic carbocycles. The summed E-state index contributed by atoms with van der Waals surface area (Å²) in [6.45, 7) is 7.63. The molecule has 2 atom stereocenters. The van der Waals surface area contributed by atoms with Gasteiger partial charge in [0.15, 0.2) is 5.17 Å². The molecule has 1 aromatic rings. The molecule has 0 aromatic heterocycles. The lowest BCUT2D eigenvalue weighted by atomic mass is 10.1. The van der Waals surface area contributed by atoms with Crippen molar-refractivity contribution in [1.29, 1.82) is 0 Å². The van der Waals surface area contributed by atoms with Crippen molar-refractivity contribution in [2.75, 3.05) is 6.54 Å². The summed E-state index contributed by atoms with van der Waals surface area (Å²) in [5.74, 6) is 0.682. The molecule has 0 saturated carbocycles. The molecular formula is C14H19BrN2S. The lowest BCUT2D eigenvalue weighted by molar-refractivity contribution is 0.621. The van der Waals surface area contributed by atoms with Crippen LogP contribution in [-0.4, -0.2) is 17.0 Å². The summed E-state index contributed by atoms with van der Waals surface area (Å²) in [5, 5.41) is 5.21. The predicted octanol–water partition coefficient (Wildman–Crippen LogP) is 4.23. The molecule has 1 N–H and O–H groups in total. The van der Waals surface area contributed by atoms with Crippen LogP contribution in [0, 0.1) is 5.92 Å². The molecule has 0 aliphatic carbocycles. The van der Waals surface area contributed by atoms with Crippen LogP contribution >= 0.6 is 27.7 Å². The molecule has 2 rings (SSSR count). The van der Waals surface area contributed by atoms with E-state index >= 15 is 0 Å². The van der Waals surface area contributed by atoms with E-state index in [0.717, 1.165) is 16.2 Å². The molecular weight excluding hydrogens is 308 g/mol. The van der Waals surface area contributed by atoms with Gasteiger partial charge in [-0.05, 0) is 30.5 Å². The lowest BCUT2D eigenvalue weighted by Gasteiger charge is -2.17. The monoisotopic (exact) mass is 326 g/mol.